The number of rotatable bonds is 6. The second kappa shape index (κ2) is 6.78. The molecule has 0 aromatic carbocycles. The molecule has 80 valence electrons. The summed E-state index contributed by atoms with van der Waals surface area (Å²) in [7, 11) is 0. The van der Waals surface area contributed by atoms with Crippen LogP contribution in [0.2, 0.25) is 0 Å². The molecule has 4 nitrogen and oxygen atoms in total. The van der Waals surface area contributed by atoms with Crippen LogP contribution in [-0.2, 0) is 9.59 Å². The molecule has 0 fully saturated rings. The first kappa shape index (κ1) is 13.4. The highest BCUT2D eigenvalue weighted by Crippen LogP contribution is 2.11. The zero-order chi connectivity index (χ0) is 11.1. The predicted molar refractivity (Wildman–Crippen MR) is 60.5 cm³/mol. The van der Waals surface area contributed by atoms with E-state index in [0.29, 0.717) is 11.5 Å². The van der Waals surface area contributed by atoms with Gasteiger partial charge in [0.25, 0.3) is 0 Å². The number of nitrogens with zero attached hydrogens (tertiary/aromatic N) is 1. The number of carbonyl (C=O) groups excluding carboxylic acids is 1. The summed E-state index contributed by atoms with van der Waals surface area (Å²) >= 11 is 5.22. The third-order valence-electron chi connectivity index (χ3n) is 1.41. The smallest absolute Gasteiger partial charge is 0.328 e. The quantitative estimate of drug-likeness (QED) is 0.410. The summed E-state index contributed by atoms with van der Waals surface area (Å²) in [6.45, 7) is 4.79. The average Bonchev–Trinajstić information content (AvgIpc) is 2.10. The molecular weight excluding hydrogens is 222 g/mol. The lowest BCUT2D eigenvalue weighted by atomic mass is 10.3. The molecule has 0 aromatic heterocycles. The SMILES string of the molecule is C=CCSCC(C(=O)O)N(S)C(C)=O. The molecule has 0 bridgehead atoms. The highest BCUT2D eigenvalue weighted by Gasteiger charge is 2.25. The molecule has 0 aliphatic carbocycles. The molecule has 0 rings (SSSR count). The molecule has 0 radical (unpaired) electrons. The average molecular weight is 235 g/mol. The third kappa shape index (κ3) is 4.57. The number of carbonyl (C=O) groups is 2. The molecule has 1 atom stereocenters. The lowest BCUT2D eigenvalue weighted by molar-refractivity contribution is -0.144. The Morgan fingerprint density at radius 1 is 1.71 bits per heavy atom. The van der Waals surface area contributed by atoms with Crippen LogP contribution >= 0.6 is 24.6 Å². The minimum Gasteiger partial charge on any atom is -0.480 e. The number of carboxylic acids is 1. The standard InChI is InChI=1S/C8H13NO3S2/c1-3-4-14-5-7(8(11)12)9(13)6(2)10/h3,7,13H,1,4-5H2,2H3,(H,11,12). The largest absolute Gasteiger partial charge is 0.480 e. The van der Waals surface area contributed by atoms with E-state index >= 15 is 0 Å². The minimum atomic E-state index is -1.05. The molecular formula is C8H13NO3S2. The Balaban J connectivity index is 4.21. The van der Waals surface area contributed by atoms with Crippen LogP contribution in [0.25, 0.3) is 0 Å². The Bertz CT molecular complexity index is 233. The van der Waals surface area contributed by atoms with Gasteiger partial charge in [-0.3, -0.25) is 9.10 Å². The molecule has 0 heterocycles. The Kier molecular flexibility index (Phi) is 6.48. The number of hydrogen-bond acceptors (Lipinski definition) is 4. The van der Waals surface area contributed by atoms with E-state index in [4.69, 9.17) is 5.11 Å². The van der Waals surface area contributed by atoms with Gasteiger partial charge in [0, 0.05) is 18.4 Å². The van der Waals surface area contributed by atoms with Crippen molar-refractivity contribution in [3.05, 3.63) is 12.7 Å². The summed E-state index contributed by atoms with van der Waals surface area (Å²) in [5, 5.41) is 8.81. The van der Waals surface area contributed by atoms with Crippen LogP contribution in [0.3, 0.4) is 0 Å². The molecule has 1 amide bonds. The van der Waals surface area contributed by atoms with E-state index in [2.05, 4.69) is 19.4 Å². The summed E-state index contributed by atoms with van der Waals surface area (Å²) in [4.78, 5) is 21.6. The second-order valence-corrected chi connectivity index (χ2v) is 4.05. The number of carboxylic acid groups (broad SMARTS) is 1. The normalized spacial score (nSPS) is 11.9. The zero-order valence-electron chi connectivity index (χ0n) is 7.84. The van der Waals surface area contributed by atoms with Crippen molar-refractivity contribution in [2.45, 2.75) is 13.0 Å². The maximum absolute atomic E-state index is 10.9. The molecule has 0 aliphatic heterocycles. The Hall–Kier alpha value is -0.620. The molecule has 1 unspecified atom stereocenters. The van der Waals surface area contributed by atoms with Crippen molar-refractivity contribution in [1.82, 2.24) is 4.31 Å². The molecule has 0 spiro atoms. The fraction of sp³-hybridized carbons (Fsp3) is 0.500. The highest BCUT2D eigenvalue weighted by molar-refractivity contribution is 7.99. The van der Waals surface area contributed by atoms with Crippen LogP contribution in [0.1, 0.15) is 6.92 Å². The van der Waals surface area contributed by atoms with Gasteiger partial charge in [0.15, 0.2) is 0 Å². The van der Waals surface area contributed by atoms with E-state index in [0.717, 1.165) is 4.31 Å². The summed E-state index contributed by atoms with van der Waals surface area (Å²) in [5.41, 5.74) is 0. The molecule has 0 saturated heterocycles. The van der Waals surface area contributed by atoms with Crippen molar-refractivity contribution in [2.24, 2.45) is 0 Å². The van der Waals surface area contributed by atoms with E-state index < -0.39 is 12.0 Å². The zero-order valence-corrected chi connectivity index (χ0v) is 9.55. The summed E-state index contributed by atoms with van der Waals surface area (Å²) in [6, 6.07) is -0.888. The van der Waals surface area contributed by atoms with Crippen molar-refractivity contribution in [2.75, 3.05) is 11.5 Å². The van der Waals surface area contributed by atoms with Crippen molar-refractivity contribution in [3.63, 3.8) is 0 Å². The van der Waals surface area contributed by atoms with Crippen LogP contribution in [-0.4, -0.2) is 38.8 Å². The monoisotopic (exact) mass is 235 g/mol. The van der Waals surface area contributed by atoms with E-state index in [-0.39, 0.29) is 5.91 Å². The molecule has 1 N–H and O–H groups in total. The number of thioether (sulfide) groups is 1. The van der Waals surface area contributed by atoms with Crippen LogP contribution in [0, 0.1) is 0 Å². The van der Waals surface area contributed by atoms with Gasteiger partial charge in [0.2, 0.25) is 5.91 Å². The van der Waals surface area contributed by atoms with Crippen LogP contribution in [0.4, 0.5) is 0 Å². The van der Waals surface area contributed by atoms with E-state index in [1.165, 1.54) is 18.7 Å². The first-order valence-electron chi connectivity index (χ1n) is 3.90. The van der Waals surface area contributed by atoms with Gasteiger partial charge in [-0.1, -0.05) is 18.9 Å². The first-order chi connectivity index (χ1) is 6.50. The van der Waals surface area contributed by atoms with E-state index in [1.54, 1.807) is 6.08 Å². The molecule has 0 aromatic rings. The third-order valence-corrected chi connectivity index (χ3v) is 3.00. The topological polar surface area (TPSA) is 57.6 Å². The predicted octanol–water partition coefficient (Wildman–Crippen LogP) is 1.05. The van der Waals surface area contributed by atoms with Gasteiger partial charge in [-0.15, -0.1) is 6.58 Å². The number of aliphatic carboxylic acids is 1. The highest BCUT2D eigenvalue weighted by atomic mass is 32.2. The summed E-state index contributed by atoms with van der Waals surface area (Å²) in [5.74, 6) is -0.458. The molecule has 14 heavy (non-hydrogen) atoms. The number of hydrogen-bond donors (Lipinski definition) is 2. The molecule has 0 aliphatic rings. The van der Waals surface area contributed by atoms with Gasteiger partial charge in [-0.05, 0) is 0 Å². The van der Waals surface area contributed by atoms with Gasteiger partial charge in [-0.25, -0.2) is 4.79 Å². The maximum atomic E-state index is 10.9. The molecule has 6 heteroatoms. The van der Waals surface area contributed by atoms with Crippen molar-refractivity contribution < 1.29 is 14.7 Å². The minimum absolute atomic E-state index is 0.310. The van der Waals surface area contributed by atoms with Gasteiger partial charge < -0.3 is 5.11 Å². The maximum Gasteiger partial charge on any atom is 0.328 e. The summed E-state index contributed by atoms with van der Waals surface area (Å²) in [6.07, 6.45) is 1.68. The second-order valence-electron chi connectivity index (χ2n) is 2.54. The van der Waals surface area contributed by atoms with Crippen molar-refractivity contribution >= 4 is 36.5 Å². The Morgan fingerprint density at radius 2 is 2.29 bits per heavy atom. The van der Waals surface area contributed by atoms with Crippen LogP contribution in [0.15, 0.2) is 12.7 Å². The van der Waals surface area contributed by atoms with Crippen LogP contribution in [0.5, 0.6) is 0 Å². The van der Waals surface area contributed by atoms with Crippen molar-refractivity contribution in [3.8, 4) is 0 Å². The lowest BCUT2D eigenvalue weighted by Gasteiger charge is -2.21. The van der Waals surface area contributed by atoms with Crippen LogP contribution < -0.4 is 0 Å². The number of amides is 1. The lowest BCUT2D eigenvalue weighted by Crippen LogP contribution is -2.39. The fourth-order valence-electron chi connectivity index (χ4n) is 0.729. The summed E-state index contributed by atoms with van der Waals surface area (Å²) < 4.78 is 0.929. The van der Waals surface area contributed by atoms with E-state index in [1.807, 2.05) is 0 Å². The Morgan fingerprint density at radius 3 is 2.64 bits per heavy atom. The van der Waals surface area contributed by atoms with Crippen molar-refractivity contribution in [1.29, 1.82) is 0 Å². The van der Waals surface area contributed by atoms with Gasteiger partial charge in [0.1, 0.15) is 6.04 Å². The van der Waals surface area contributed by atoms with Gasteiger partial charge >= 0.3 is 5.97 Å². The Labute approximate surface area is 92.9 Å². The first-order valence-corrected chi connectivity index (χ1v) is 5.46. The van der Waals surface area contributed by atoms with Gasteiger partial charge in [-0.2, -0.15) is 11.8 Å². The van der Waals surface area contributed by atoms with Gasteiger partial charge in [0.05, 0.1) is 0 Å². The molecule has 0 saturated carbocycles. The number of thiol groups is 1. The van der Waals surface area contributed by atoms with E-state index in [9.17, 15) is 9.59 Å². The fourth-order valence-corrected chi connectivity index (χ4v) is 1.84.